The molecule has 3 nitrogen and oxygen atoms in total. The fourth-order valence-electron chi connectivity index (χ4n) is 1.97. The first-order valence-corrected chi connectivity index (χ1v) is 8.09. The number of benzene rings is 2. The second-order valence-corrected chi connectivity index (χ2v) is 6.22. The molecule has 0 aromatic heterocycles. The van der Waals surface area contributed by atoms with Crippen LogP contribution in [0.5, 0.6) is 5.75 Å². The van der Waals surface area contributed by atoms with Gasteiger partial charge in [-0.1, -0.05) is 51.8 Å². The van der Waals surface area contributed by atoms with Crippen molar-refractivity contribution in [2.24, 2.45) is 0 Å². The maximum atomic E-state index is 12.1. The Labute approximate surface area is 144 Å². The zero-order valence-corrected chi connectivity index (χ0v) is 14.6. The van der Waals surface area contributed by atoms with Gasteiger partial charge in [-0.2, -0.15) is 0 Å². The number of ether oxygens (including phenoxy) is 1. The van der Waals surface area contributed by atoms with E-state index in [1.54, 1.807) is 11.9 Å². The van der Waals surface area contributed by atoms with Gasteiger partial charge in [-0.3, -0.25) is 4.79 Å². The molecule has 0 aliphatic heterocycles. The van der Waals surface area contributed by atoms with E-state index in [4.69, 9.17) is 16.3 Å². The third-order valence-corrected chi connectivity index (χ3v) is 4.03. The molecule has 5 heteroatoms. The quantitative estimate of drug-likeness (QED) is 0.734. The lowest BCUT2D eigenvalue weighted by Gasteiger charge is -2.18. The summed E-state index contributed by atoms with van der Waals surface area (Å²) in [5.74, 6) is 0.769. The van der Waals surface area contributed by atoms with Crippen molar-refractivity contribution < 1.29 is 9.53 Å². The molecule has 2 aromatic rings. The predicted octanol–water partition coefficient (Wildman–Crippen LogP) is 4.53. The molecule has 1 amide bonds. The first-order valence-electron chi connectivity index (χ1n) is 6.92. The normalized spacial score (nSPS) is 10.3. The van der Waals surface area contributed by atoms with Crippen LogP contribution in [0.3, 0.4) is 0 Å². The van der Waals surface area contributed by atoms with Crippen LogP contribution < -0.4 is 4.74 Å². The van der Waals surface area contributed by atoms with Crippen LogP contribution in [0.4, 0.5) is 0 Å². The first-order chi connectivity index (χ1) is 10.6. The molecule has 22 heavy (non-hydrogen) atoms. The van der Waals surface area contributed by atoms with Crippen LogP contribution in [0.15, 0.2) is 53.0 Å². The molecule has 0 atom stereocenters. The summed E-state index contributed by atoms with van der Waals surface area (Å²) in [5.41, 5.74) is 0.938. The van der Waals surface area contributed by atoms with Gasteiger partial charge in [0.1, 0.15) is 5.75 Å². The molecule has 0 saturated heterocycles. The minimum absolute atomic E-state index is 0.0231. The SMILES string of the molecule is CN(Cc1ccccc1Cl)C(=O)CCOc1cccc(Br)c1. The highest BCUT2D eigenvalue weighted by atomic mass is 79.9. The maximum Gasteiger partial charge on any atom is 0.226 e. The number of halogens is 2. The molecule has 0 aliphatic carbocycles. The highest BCUT2D eigenvalue weighted by Gasteiger charge is 2.11. The Morgan fingerprint density at radius 3 is 2.73 bits per heavy atom. The van der Waals surface area contributed by atoms with Crippen LogP contribution in [0.25, 0.3) is 0 Å². The van der Waals surface area contributed by atoms with E-state index in [1.807, 2.05) is 48.5 Å². The fourth-order valence-corrected chi connectivity index (χ4v) is 2.55. The van der Waals surface area contributed by atoms with E-state index in [1.165, 1.54) is 0 Å². The molecule has 0 unspecified atom stereocenters. The van der Waals surface area contributed by atoms with Crippen LogP contribution in [0, 0.1) is 0 Å². The van der Waals surface area contributed by atoms with Gasteiger partial charge < -0.3 is 9.64 Å². The Kier molecular flexibility index (Phi) is 6.28. The Morgan fingerprint density at radius 2 is 2.00 bits per heavy atom. The second-order valence-electron chi connectivity index (χ2n) is 4.90. The topological polar surface area (TPSA) is 29.5 Å². The zero-order chi connectivity index (χ0) is 15.9. The number of nitrogens with zero attached hydrogens (tertiary/aromatic N) is 1. The van der Waals surface area contributed by atoms with Crippen LogP contribution in [0.2, 0.25) is 5.02 Å². The molecule has 0 fully saturated rings. The molecule has 0 heterocycles. The number of hydrogen-bond acceptors (Lipinski definition) is 2. The summed E-state index contributed by atoms with van der Waals surface area (Å²) in [5, 5.41) is 0.674. The molecule has 116 valence electrons. The van der Waals surface area contributed by atoms with E-state index in [0.29, 0.717) is 24.6 Å². The molecule has 0 bridgehead atoms. The average molecular weight is 383 g/mol. The molecule has 0 aliphatic rings. The summed E-state index contributed by atoms with van der Waals surface area (Å²) in [4.78, 5) is 13.8. The Hall–Kier alpha value is -1.52. The van der Waals surface area contributed by atoms with E-state index in [-0.39, 0.29) is 5.91 Å². The third-order valence-electron chi connectivity index (χ3n) is 3.17. The van der Waals surface area contributed by atoms with Gasteiger partial charge in [0, 0.05) is 23.1 Å². The number of rotatable bonds is 6. The standard InChI is InChI=1S/C17H17BrClNO2/c1-20(12-13-5-2-3-8-16(13)19)17(21)9-10-22-15-7-4-6-14(18)11-15/h2-8,11H,9-10,12H2,1H3. The van der Waals surface area contributed by atoms with Crippen molar-refractivity contribution >= 4 is 33.4 Å². The van der Waals surface area contributed by atoms with E-state index in [9.17, 15) is 4.79 Å². The van der Waals surface area contributed by atoms with Crippen molar-refractivity contribution in [3.63, 3.8) is 0 Å². The summed E-state index contributed by atoms with van der Waals surface area (Å²) in [6, 6.07) is 15.1. The third kappa shape index (κ3) is 5.04. The van der Waals surface area contributed by atoms with Gasteiger partial charge >= 0.3 is 0 Å². The summed E-state index contributed by atoms with van der Waals surface area (Å²) in [6.07, 6.45) is 0.327. The summed E-state index contributed by atoms with van der Waals surface area (Å²) < 4.78 is 6.53. The van der Waals surface area contributed by atoms with Gasteiger partial charge in [-0.15, -0.1) is 0 Å². The van der Waals surface area contributed by atoms with Crippen LogP contribution in [-0.2, 0) is 11.3 Å². The van der Waals surface area contributed by atoms with Gasteiger partial charge in [0.25, 0.3) is 0 Å². The lowest BCUT2D eigenvalue weighted by molar-refractivity contribution is -0.130. The van der Waals surface area contributed by atoms with Gasteiger partial charge in [0.05, 0.1) is 13.0 Å². The lowest BCUT2D eigenvalue weighted by Crippen LogP contribution is -2.27. The second kappa shape index (κ2) is 8.20. The molecule has 2 aromatic carbocycles. The molecule has 0 spiro atoms. The highest BCUT2D eigenvalue weighted by molar-refractivity contribution is 9.10. The van der Waals surface area contributed by atoms with Crippen molar-refractivity contribution in [1.29, 1.82) is 0 Å². The summed E-state index contributed by atoms with van der Waals surface area (Å²) in [6.45, 7) is 0.845. The van der Waals surface area contributed by atoms with Crippen molar-refractivity contribution in [1.82, 2.24) is 4.90 Å². The molecule has 0 radical (unpaired) electrons. The summed E-state index contributed by atoms with van der Waals surface area (Å²) in [7, 11) is 1.77. The average Bonchev–Trinajstić information content (AvgIpc) is 2.49. The molecular formula is C17H17BrClNO2. The van der Waals surface area contributed by atoms with Crippen molar-refractivity contribution in [2.45, 2.75) is 13.0 Å². The Balaban J connectivity index is 1.80. The Morgan fingerprint density at radius 1 is 1.23 bits per heavy atom. The number of hydrogen-bond donors (Lipinski definition) is 0. The highest BCUT2D eigenvalue weighted by Crippen LogP contribution is 2.18. The lowest BCUT2D eigenvalue weighted by atomic mass is 10.2. The van der Waals surface area contributed by atoms with Crippen LogP contribution >= 0.6 is 27.5 Å². The summed E-state index contributed by atoms with van der Waals surface area (Å²) >= 11 is 9.49. The monoisotopic (exact) mass is 381 g/mol. The van der Waals surface area contributed by atoms with Crippen LogP contribution in [0.1, 0.15) is 12.0 Å². The molecular weight excluding hydrogens is 366 g/mol. The van der Waals surface area contributed by atoms with Gasteiger partial charge in [-0.25, -0.2) is 0 Å². The molecule has 0 saturated carbocycles. The van der Waals surface area contributed by atoms with E-state index < -0.39 is 0 Å². The van der Waals surface area contributed by atoms with E-state index >= 15 is 0 Å². The fraction of sp³-hybridized carbons (Fsp3) is 0.235. The number of carbonyl (C=O) groups is 1. The first kappa shape index (κ1) is 16.8. The minimum atomic E-state index is 0.0231. The largest absolute Gasteiger partial charge is 0.493 e. The Bertz CT molecular complexity index is 648. The van der Waals surface area contributed by atoms with Crippen molar-refractivity contribution in [3.8, 4) is 5.75 Å². The van der Waals surface area contributed by atoms with Gasteiger partial charge in [0.15, 0.2) is 0 Å². The van der Waals surface area contributed by atoms with E-state index in [0.717, 1.165) is 15.8 Å². The van der Waals surface area contributed by atoms with E-state index in [2.05, 4.69) is 15.9 Å². The van der Waals surface area contributed by atoms with Gasteiger partial charge in [-0.05, 0) is 29.8 Å². The van der Waals surface area contributed by atoms with Crippen LogP contribution in [-0.4, -0.2) is 24.5 Å². The number of carbonyl (C=O) groups excluding carboxylic acids is 1. The van der Waals surface area contributed by atoms with Gasteiger partial charge in [0.2, 0.25) is 5.91 Å². The minimum Gasteiger partial charge on any atom is -0.493 e. The number of amides is 1. The predicted molar refractivity (Wildman–Crippen MR) is 92.2 cm³/mol. The zero-order valence-electron chi connectivity index (χ0n) is 12.3. The molecule has 0 N–H and O–H groups in total. The maximum absolute atomic E-state index is 12.1. The van der Waals surface area contributed by atoms with Crippen molar-refractivity contribution in [2.75, 3.05) is 13.7 Å². The smallest absolute Gasteiger partial charge is 0.226 e. The molecule has 2 rings (SSSR count). The van der Waals surface area contributed by atoms with Crippen molar-refractivity contribution in [3.05, 3.63) is 63.6 Å².